The molecule has 1 amide bonds. The van der Waals surface area contributed by atoms with Crippen molar-refractivity contribution in [2.24, 2.45) is 0 Å². The van der Waals surface area contributed by atoms with Crippen molar-refractivity contribution in [2.75, 3.05) is 5.32 Å². The van der Waals surface area contributed by atoms with Gasteiger partial charge >= 0.3 is 0 Å². The molecule has 0 aliphatic rings. The Morgan fingerprint density at radius 3 is 2.35 bits per heavy atom. The minimum atomic E-state index is -0.190. The topological polar surface area (TPSA) is 68.0 Å². The van der Waals surface area contributed by atoms with E-state index in [1.165, 1.54) is 0 Å². The molecule has 0 aliphatic carbocycles. The van der Waals surface area contributed by atoms with E-state index in [0.29, 0.717) is 17.3 Å². The van der Waals surface area contributed by atoms with Gasteiger partial charge in [-0.2, -0.15) is 4.98 Å². The quantitative estimate of drug-likeness (QED) is 0.730. The number of nitrogens with zero attached hydrogens (tertiary/aromatic N) is 2. The van der Waals surface area contributed by atoms with E-state index < -0.39 is 0 Å². The zero-order chi connectivity index (χ0) is 18.9. The molecule has 0 fully saturated rings. The van der Waals surface area contributed by atoms with Gasteiger partial charge in [-0.05, 0) is 49.7 Å². The Labute approximate surface area is 153 Å². The van der Waals surface area contributed by atoms with E-state index >= 15 is 0 Å². The molecule has 0 unspecified atom stereocenters. The fourth-order valence-corrected chi connectivity index (χ4v) is 2.53. The number of benzene rings is 2. The van der Waals surface area contributed by atoms with Gasteiger partial charge in [0.2, 0.25) is 11.7 Å². The Bertz CT molecular complexity index is 935. The fourth-order valence-electron chi connectivity index (χ4n) is 2.53. The molecule has 1 N–H and O–H groups in total. The first-order chi connectivity index (χ1) is 12.2. The van der Waals surface area contributed by atoms with Crippen LogP contribution in [0.3, 0.4) is 0 Å². The molecular weight excluding hydrogens is 326 g/mol. The highest BCUT2D eigenvalue weighted by molar-refractivity contribution is 6.05. The lowest BCUT2D eigenvalue weighted by atomic mass is 9.97. The average Bonchev–Trinajstić information content (AvgIpc) is 3.08. The van der Waals surface area contributed by atoms with Crippen LogP contribution in [0.1, 0.15) is 48.1 Å². The Hall–Kier alpha value is -2.95. The molecule has 3 rings (SSSR count). The molecule has 5 nitrogen and oxygen atoms in total. The number of anilines is 1. The van der Waals surface area contributed by atoms with Crippen molar-refractivity contribution >= 4 is 11.6 Å². The Balaban J connectivity index is 1.76. The van der Waals surface area contributed by atoms with Crippen molar-refractivity contribution in [1.29, 1.82) is 0 Å². The van der Waals surface area contributed by atoms with Crippen LogP contribution in [0.25, 0.3) is 11.4 Å². The van der Waals surface area contributed by atoms with Crippen molar-refractivity contribution in [1.82, 2.24) is 10.1 Å². The molecule has 1 heterocycles. The van der Waals surface area contributed by atoms with Crippen LogP contribution in [0.2, 0.25) is 0 Å². The lowest BCUT2D eigenvalue weighted by Crippen LogP contribution is -2.13. The minimum Gasteiger partial charge on any atom is -0.338 e. The lowest BCUT2D eigenvalue weighted by molar-refractivity contribution is 0.102. The predicted molar refractivity (Wildman–Crippen MR) is 102 cm³/mol. The summed E-state index contributed by atoms with van der Waals surface area (Å²) in [5.74, 6) is 1.02. The van der Waals surface area contributed by atoms with E-state index in [2.05, 4.69) is 15.5 Å². The third kappa shape index (κ3) is 3.82. The molecule has 0 aliphatic heterocycles. The summed E-state index contributed by atoms with van der Waals surface area (Å²) in [4.78, 5) is 17.0. The molecule has 0 atom stereocenters. The van der Waals surface area contributed by atoms with E-state index in [1.807, 2.05) is 77.1 Å². The maximum absolute atomic E-state index is 12.5. The lowest BCUT2D eigenvalue weighted by Gasteiger charge is -2.10. The highest BCUT2D eigenvalue weighted by Crippen LogP contribution is 2.25. The van der Waals surface area contributed by atoms with Gasteiger partial charge in [-0.15, -0.1) is 0 Å². The van der Waals surface area contributed by atoms with E-state index in [0.717, 1.165) is 22.4 Å². The molecule has 134 valence electrons. The highest BCUT2D eigenvalue weighted by atomic mass is 16.5. The number of aromatic nitrogens is 2. The second kappa shape index (κ2) is 6.75. The first-order valence-corrected chi connectivity index (χ1v) is 8.57. The van der Waals surface area contributed by atoms with E-state index in [1.54, 1.807) is 0 Å². The molecule has 5 heteroatoms. The number of carbonyl (C=O) groups is 1. The van der Waals surface area contributed by atoms with Crippen molar-refractivity contribution in [2.45, 2.75) is 40.0 Å². The van der Waals surface area contributed by atoms with Gasteiger partial charge < -0.3 is 9.84 Å². The van der Waals surface area contributed by atoms with Gasteiger partial charge in [0, 0.05) is 22.2 Å². The van der Waals surface area contributed by atoms with Crippen LogP contribution in [-0.4, -0.2) is 16.0 Å². The Morgan fingerprint density at radius 1 is 1.04 bits per heavy atom. The van der Waals surface area contributed by atoms with Crippen molar-refractivity contribution in [3.63, 3.8) is 0 Å². The van der Waals surface area contributed by atoms with Crippen LogP contribution < -0.4 is 5.32 Å². The molecule has 2 aromatic carbocycles. The first kappa shape index (κ1) is 17.9. The normalized spacial score (nSPS) is 11.4. The maximum atomic E-state index is 12.5. The summed E-state index contributed by atoms with van der Waals surface area (Å²) in [6.45, 7) is 9.98. The molecule has 26 heavy (non-hydrogen) atoms. The zero-order valence-electron chi connectivity index (χ0n) is 15.8. The van der Waals surface area contributed by atoms with Crippen LogP contribution >= 0.6 is 0 Å². The summed E-state index contributed by atoms with van der Waals surface area (Å²) in [5.41, 5.74) is 4.06. The van der Waals surface area contributed by atoms with Gasteiger partial charge in [-0.25, -0.2) is 0 Å². The van der Waals surface area contributed by atoms with Crippen molar-refractivity contribution in [3.8, 4) is 11.4 Å². The SMILES string of the molecule is Cc1ccc(C)c(C(=O)Nc2ccc(-c3noc(C(C)(C)C)n3)cc2)c1. The Kier molecular flexibility index (Phi) is 4.64. The van der Waals surface area contributed by atoms with Gasteiger partial charge in [0.15, 0.2) is 0 Å². The van der Waals surface area contributed by atoms with E-state index in [-0.39, 0.29) is 11.3 Å². The number of carbonyl (C=O) groups excluding carboxylic acids is 1. The summed E-state index contributed by atoms with van der Waals surface area (Å²) in [6.07, 6.45) is 0. The van der Waals surface area contributed by atoms with Gasteiger partial charge in [-0.3, -0.25) is 4.79 Å². The first-order valence-electron chi connectivity index (χ1n) is 8.57. The molecule has 0 bridgehead atoms. The summed E-state index contributed by atoms with van der Waals surface area (Å²) >= 11 is 0. The van der Waals surface area contributed by atoms with Gasteiger partial charge in [0.05, 0.1) is 0 Å². The molecule has 0 spiro atoms. The summed E-state index contributed by atoms with van der Waals surface area (Å²) < 4.78 is 5.33. The highest BCUT2D eigenvalue weighted by Gasteiger charge is 2.22. The third-order valence-electron chi connectivity index (χ3n) is 4.11. The second-order valence-electron chi connectivity index (χ2n) is 7.52. The molecule has 0 saturated carbocycles. The van der Waals surface area contributed by atoms with Crippen LogP contribution in [-0.2, 0) is 5.41 Å². The standard InChI is InChI=1S/C21H23N3O2/c1-13-6-7-14(2)17(12-13)19(25)22-16-10-8-15(9-11-16)18-23-20(26-24-18)21(3,4)5/h6-12H,1-5H3,(H,22,25). The number of nitrogens with one attached hydrogen (secondary N) is 1. The summed E-state index contributed by atoms with van der Waals surface area (Å²) in [7, 11) is 0. The van der Waals surface area contributed by atoms with Crippen molar-refractivity contribution < 1.29 is 9.32 Å². The molecular formula is C21H23N3O2. The maximum Gasteiger partial charge on any atom is 0.255 e. The number of amides is 1. The van der Waals surface area contributed by atoms with E-state index in [9.17, 15) is 4.79 Å². The Morgan fingerprint density at radius 2 is 1.73 bits per heavy atom. The fraction of sp³-hybridized carbons (Fsp3) is 0.286. The van der Waals surface area contributed by atoms with Crippen LogP contribution in [0.15, 0.2) is 47.0 Å². The van der Waals surface area contributed by atoms with Gasteiger partial charge in [0.25, 0.3) is 5.91 Å². The largest absolute Gasteiger partial charge is 0.338 e. The van der Waals surface area contributed by atoms with Gasteiger partial charge in [-0.1, -0.05) is 43.6 Å². The molecule has 0 saturated heterocycles. The summed E-state index contributed by atoms with van der Waals surface area (Å²) in [6, 6.07) is 13.3. The third-order valence-corrected chi connectivity index (χ3v) is 4.11. The number of hydrogen-bond acceptors (Lipinski definition) is 4. The molecule has 0 radical (unpaired) electrons. The molecule has 3 aromatic rings. The van der Waals surface area contributed by atoms with E-state index in [4.69, 9.17) is 4.52 Å². The second-order valence-corrected chi connectivity index (χ2v) is 7.52. The smallest absolute Gasteiger partial charge is 0.255 e. The number of hydrogen-bond donors (Lipinski definition) is 1. The van der Waals surface area contributed by atoms with Crippen molar-refractivity contribution in [3.05, 3.63) is 65.0 Å². The van der Waals surface area contributed by atoms with Gasteiger partial charge in [0.1, 0.15) is 0 Å². The minimum absolute atomic E-state index is 0.117. The average molecular weight is 349 g/mol. The number of rotatable bonds is 3. The zero-order valence-corrected chi connectivity index (χ0v) is 15.8. The number of aryl methyl sites for hydroxylation is 2. The predicted octanol–water partition coefficient (Wildman–Crippen LogP) is 4.90. The monoisotopic (exact) mass is 349 g/mol. The van der Waals surface area contributed by atoms with Crippen LogP contribution in [0.4, 0.5) is 5.69 Å². The molecule has 1 aromatic heterocycles. The van der Waals surface area contributed by atoms with Crippen LogP contribution in [0.5, 0.6) is 0 Å². The summed E-state index contributed by atoms with van der Waals surface area (Å²) in [5, 5.41) is 6.97. The van der Waals surface area contributed by atoms with Crippen LogP contribution in [0, 0.1) is 13.8 Å².